The first-order valence-electron chi connectivity index (χ1n) is 16.8. The van der Waals surface area contributed by atoms with Crippen LogP contribution in [0.1, 0.15) is 46.9 Å². The van der Waals surface area contributed by atoms with Crippen LogP contribution in [0.2, 0.25) is 0 Å². The fourth-order valence-corrected chi connectivity index (χ4v) is 5.99. The Kier molecular flexibility index (Phi) is 11.7. The highest BCUT2D eigenvalue weighted by atomic mass is 35.5. The average molecular weight is 746 g/mol. The lowest BCUT2D eigenvalue weighted by atomic mass is 10.0. The summed E-state index contributed by atoms with van der Waals surface area (Å²) in [5.41, 5.74) is 1.16. The number of amides is 5. The summed E-state index contributed by atoms with van der Waals surface area (Å²) in [5, 5.41) is 8.59. The number of halogens is 1. The van der Waals surface area contributed by atoms with Gasteiger partial charge in [-0.3, -0.25) is 39.0 Å². The Bertz CT molecular complexity index is 2130. The fourth-order valence-electron chi connectivity index (χ4n) is 5.90. The topological polar surface area (TPSA) is 181 Å². The van der Waals surface area contributed by atoms with Gasteiger partial charge in [0.1, 0.15) is 17.6 Å². The predicted octanol–water partition coefficient (Wildman–Crippen LogP) is 3.14. The number of aryl methyl sites for hydroxylation is 1. The standard InChI is InChI=1S/C37H40ClN7O8/c1-7-22(18-52-25-9-10-26-27(16-25)36(50)45(35(26)49)29-12-13-31(46)42-34(29)48)17-43(5)21(3)40-33(20(2)38)41-24-8-11-28-23(14-24)15-30(37(51)44(28)6)53-19-32(47)39-4/h8-11,14-16,22,29H,2-3,7,12-13,17-19H2,1,4-6H3,(H,39,47)(H,40,41)(H,42,46,48)/t22-,29?/m0/s1. The molecule has 2 atom stereocenters. The van der Waals surface area contributed by atoms with Gasteiger partial charge in [-0.15, -0.1) is 0 Å². The number of aromatic nitrogens is 1. The number of ether oxygens (including phenoxy) is 2. The minimum Gasteiger partial charge on any atom is -0.493 e. The molecule has 0 bridgehead atoms. The van der Waals surface area contributed by atoms with Crippen molar-refractivity contribution in [1.29, 1.82) is 0 Å². The van der Waals surface area contributed by atoms with E-state index in [1.165, 1.54) is 23.7 Å². The van der Waals surface area contributed by atoms with Crippen molar-refractivity contribution in [3.05, 3.63) is 88.0 Å². The molecule has 1 aromatic heterocycles. The number of benzene rings is 2. The molecule has 15 nitrogen and oxygen atoms in total. The Morgan fingerprint density at radius 3 is 2.49 bits per heavy atom. The zero-order valence-corrected chi connectivity index (χ0v) is 30.5. The van der Waals surface area contributed by atoms with Gasteiger partial charge in [0.05, 0.1) is 28.3 Å². The van der Waals surface area contributed by atoms with Crippen LogP contribution in [0.3, 0.4) is 0 Å². The first-order valence-corrected chi connectivity index (χ1v) is 17.2. The highest BCUT2D eigenvalue weighted by molar-refractivity contribution is 6.44. The van der Waals surface area contributed by atoms with E-state index >= 15 is 0 Å². The molecule has 0 spiro atoms. The molecule has 0 radical (unpaired) electrons. The number of amidine groups is 1. The quantitative estimate of drug-likeness (QED) is 0.126. The van der Waals surface area contributed by atoms with Crippen LogP contribution < -0.4 is 31.0 Å². The Hall–Kier alpha value is -5.96. The molecule has 1 saturated heterocycles. The second kappa shape index (κ2) is 16.2. The maximum absolute atomic E-state index is 13.2. The van der Waals surface area contributed by atoms with E-state index in [0.29, 0.717) is 34.7 Å². The minimum absolute atomic E-state index is 0.0000644. The number of nitrogens with zero attached hydrogens (tertiary/aromatic N) is 4. The molecule has 1 fully saturated rings. The molecule has 16 heteroatoms. The number of likely N-dealkylation sites (N-methyl/N-ethyl adjacent to an activating group) is 1. The molecule has 5 rings (SSSR count). The monoisotopic (exact) mass is 745 g/mol. The molecule has 0 saturated carbocycles. The smallest absolute Gasteiger partial charge is 0.293 e. The van der Waals surface area contributed by atoms with Crippen LogP contribution in [0.4, 0.5) is 5.69 Å². The van der Waals surface area contributed by atoms with Crippen LogP contribution >= 0.6 is 11.6 Å². The van der Waals surface area contributed by atoms with E-state index in [1.807, 2.05) is 18.9 Å². The number of pyridine rings is 1. The number of piperidine rings is 1. The molecular weight excluding hydrogens is 706 g/mol. The van der Waals surface area contributed by atoms with Crippen molar-refractivity contribution in [3.63, 3.8) is 0 Å². The van der Waals surface area contributed by atoms with Crippen LogP contribution in [-0.4, -0.2) is 89.6 Å². The predicted molar refractivity (Wildman–Crippen MR) is 199 cm³/mol. The fraction of sp³-hybridized carbons (Fsp3) is 0.324. The number of hydrogen-bond acceptors (Lipinski definition) is 10. The van der Waals surface area contributed by atoms with Gasteiger partial charge < -0.3 is 29.6 Å². The van der Waals surface area contributed by atoms with Crippen molar-refractivity contribution in [2.45, 2.75) is 32.2 Å². The molecule has 5 amide bonds. The molecule has 3 N–H and O–H groups in total. The lowest BCUT2D eigenvalue weighted by Gasteiger charge is -2.27. The molecule has 2 aliphatic heterocycles. The van der Waals surface area contributed by atoms with Gasteiger partial charge in [-0.1, -0.05) is 31.7 Å². The molecular formula is C37H40ClN7O8. The van der Waals surface area contributed by atoms with Gasteiger partial charge in [0, 0.05) is 51.1 Å². The minimum atomic E-state index is -1.05. The number of imide groups is 2. The number of carbonyl (C=O) groups excluding carboxylic acids is 5. The summed E-state index contributed by atoms with van der Waals surface area (Å²) in [4.78, 5) is 82.0. The summed E-state index contributed by atoms with van der Waals surface area (Å²) in [6.45, 7) is 10.4. The Morgan fingerprint density at radius 1 is 1.08 bits per heavy atom. The largest absolute Gasteiger partial charge is 0.493 e. The molecule has 2 aliphatic rings. The van der Waals surface area contributed by atoms with E-state index in [9.17, 15) is 28.8 Å². The lowest BCUT2D eigenvalue weighted by Crippen LogP contribution is -2.54. The first kappa shape index (κ1) is 38.3. The van der Waals surface area contributed by atoms with Crippen LogP contribution in [0, 0.1) is 5.92 Å². The second-order valence-electron chi connectivity index (χ2n) is 12.6. The lowest BCUT2D eigenvalue weighted by molar-refractivity contribution is -0.136. The number of nitrogens with one attached hydrogen (secondary N) is 3. The van der Waals surface area contributed by atoms with Gasteiger partial charge in [0.2, 0.25) is 11.8 Å². The summed E-state index contributed by atoms with van der Waals surface area (Å²) in [7, 11) is 4.91. The van der Waals surface area contributed by atoms with E-state index < -0.39 is 29.7 Å². The van der Waals surface area contributed by atoms with Crippen molar-refractivity contribution in [2.24, 2.45) is 18.0 Å². The number of rotatable bonds is 14. The molecule has 0 aliphatic carbocycles. The van der Waals surface area contributed by atoms with Gasteiger partial charge in [-0.05, 0) is 55.3 Å². The number of aliphatic imine (C=N–C) groups is 1. The van der Waals surface area contributed by atoms with Crippen molar-refractivity contribution >= 4 is 63.6 Å². The van der Waals surface area contributed by atoms with Gasteiger partial charge in [0.15, 0.2) is 18.2 Å². The molecule has 278 valence electrons. The Morgan fingerprint density at radius 2 is 1.81 bits per heavy atom. The zero-order chi connectivity index (χ0) is 38.6. The van der Waals surface area contributed by atoms with Gasteiger partial charge in [-0.2, -0.15) is 0 Å². The zero-order valence-electron chi connectivity index (χ0n) is 29.8. The molecule has 3 heterocycles. The van der Waals surface area contributed by atoms with Crippen LogP contribution in [-0.2, 0) is 21.4 Å². The summed E-state index contributed by atoms with van der Waals surface area (Å²) >= 11 is 6.34. The van der Waals surface area contributed by atoms with E-state index in [2.05, 4.69) is 34.1 Å². The summed E-state index contributed by atoms with van der Waals surface area (Å²) in [6.07, 6.45) is 0.841. The third-order valence-corrected chi connectivity index (χ3v) is 9.22. The SMILES string of the molecule is C=C(Cl)C(=NC(=C)N(C)C[C@H](CC)COc1ccc2c(c1)C(=O)N(C1CCC(=O)NC1=O)C2=O)Nc1ccc2c(c1)cc(OCC(=O)NC)c(=O)n2C. The van der Waals surface area contributed by atoms with Gasteiger partial charge in [-0.25, -0.2) is 4.99 Å². The Balaban J connectivity index is 1.22. The van der Waals surface area contributed by atoms with Gasteiger partial charge in [0.25, 0.3) is 23.3 Å². The molecule has 3 aromatic rings. The number of carbonyl (C=O) groups is 5. The summed E-state index contributed by atoms with van der Waals surface area (Å²) < 4.78 is 12.9. The summed E-state index contributed by atoms with van der Waals surface area (Å²) in [6, 6.07) is 10.4. The molecule has 53 heavy (non-hydrogen) atoms. The first-order chi connectivity index (χ1) is 25.2. The van der Waals surface area contributed by atoms with Crippen LogP contribution in [0.15, 0.2) is 76.3 Å². The third-order valence-electron chi connectivity index (χ3n) is 9.04. The van der Waals surface area contributed by atoms with Gasteiger partial charge >= 0.3 is 0 Å². The summed E-state index contributed by atoms with van der Waals surface area (Å²) in [5.74, 6) is -1.63. The van der Waals surface area contributed by atoms with Crippen molar-refractivity contribution in [2.75, 3.05) is 39.2 Å². The Labute approximate surface area is 310 Å². The number of fused-ring (bicyclic) bond motifs is 2. The van der Waals surface area contributed by atoms with Crippen molar-refractivity contribution in [1.82, 2.24) is 25.0 Å². The van der Waals surface area contributed by atoms with E-state index in [4.69, 9.17) is 21.1 Å². The van der Waals surface area contributed by atoms with Crippen LogP contribution in [0.5, 0.6) is 11.5 Å². The third kappa shape index (κ3) is 8.41. The van der Waals surface area contributed by atoms with E-state index in [0.717, 1.165) is 11.3 Å². The van der Waals surface area contributed by atoms with E-state index in [-0.39, 0.29) is 71.2 Å². The van der Waals surface area contributed by atoms with E-state index in [1.54, 1.807) is 37.4 Å². The molecule has 1 unspecified atom stereocenters. The number of anilines is 1. The van der Waals surface area contributed by atoms with Crippen molar-refractivity contribution in [3.8, 4) is 11.5 Å². The van der Waals surface area contributed by atoms with Crippen molar-refractivity contribution < 1.29 is 33.4 Å². The average Bonchev–Trinajstić information content (AvgIpc) is 3.38. The highest BCUT2D eigenvalue weighted by Gasteiger charge is 2.44. The number of hydrogen-bond donors (Lipinski definition) is 3. The second-order valence-corrected chi connectivity index (χ2v) is 13.1. The van der Waals surface area contributed by atoms with Crippen LogP contribution in [0.25, 0.3) is 10.9 Å². The maximum atomic E-state index is 13.2. The molecule has 2 aromatic carbocycles. The maximum Gasteiger partial charge on any atom is 0.293 e. The normalized spacial score (nSPS) is 16.2. The highest BCUT2D eigenvalue weighted by Crippen LogP contribution is 2.31.